The minimum atomic E-state index is -4.05. The molecule has 1 aromatic carbocycles. The first-order chi connectivity index (χ1) is 8.45. The van der Waals surface area contributed by atoms with E-state index in [0.29, 0.717) is 6.42 Å². The van der Waals surface area contributed by atoms with Crippen molar-refractivity contribution in [2.75, 3.05) is 5.32 Å². The molecule has 100 valence electrons. The maximum absolute atomic E-state index is 12.7. The average molecular weight is 369 g/mol. The maximum Gasteiger partial charge on any atom is 0.391 e. The Labute approximate surface area is 118 Å². The Balaban J connectivity index is 1.98. The second-order valence-electron chi connectivity index (χ2n) is 4.76. The first kappa shape index (κ1) is 14.0. The molecule has 0 saturated heterocycles. The molecule has 0 radical (unpaired) electrons. The van der Waals surface area contributed by atoms with Gasteiger partial charge in [-0.1, -0.05) is 12.5 Å². The van der Waals surface area contributed by atoms with Gasteiger partial charge >= 0.3 is 6.18 Å². The summed E-state index contributed by atoms with van der Waals surface area (Å²) in [4.78, 5) is 0. The lowest BCUT2D eigenvalue weighted by molar-refractivity contribution is -0.182. The van der Waals surface area contributed by atoms with Crippen LogP contribution in [0.25, 0.3) is 0 Å². The Hall–Kier alpha value is -0.460. The number of halogens is 4. The number of alkyl halides is 3. The second kappa shape index (κ2) is 5.67. The molecule has 1 N–H and O–H groups in total. The number of benzene rings is 1. The molecule has 0 heterocycles. The zero-order chi connectivity index (χ0) is 13.2. The van der Waals surface area contributed by atoms with Gasteiger partial charge in [0.1, 0.15) is 0 Å². The van der Waals surface area contributed by atoms with Crippen LogP contribution in [-0.2, 0) is 0 Å². The molecule has 1 saturated carbocycles. The predicted octanol–water partition coefficient (Wildman–Crippen LogP) is 4.82. The van der Waals surface area contributed by atoms with Crippen molar-refractivity contribution in [1.82, 2.24) is 0 Å². The van der Waals surface area contributed by atoms with E-state index in [1.807, 2.05) is 24.3 Å². The summed E-state index contributed by atoms with van der Waals surface area (Å²) in [6.45, 7) is 0. The van der Waals surface area contributed by atoms with Crippen LogP contribution in [0.3, 0.4) is 0 Å². The zero-order valence-corrected chi connectivity index (χ0v) is 12.0. The van der Waals surface area contributed by atoms with Crippen LogP contribution in [0.5, 0.6) is 0 Å². The van der Waals surface area contributed by atoms with Crippen molar-refractivity contribution in [2.45, 2.75) is 37.9 Å². The van der Waals surface area contributed by atoms with Crippen molar-refractivity contribution in [3.63, 3.8) is 0 Å². The number of anilines is 1. The molecule has 0 amide bonds. The number of hydrogen-bond acceptors (Lipinski definition) is 1. The van der Waals surface area contributed by atoms with Crippen LogP contribution in [0.15, 0.2) is 24.3 Å². The van der Waals surface area contributed by atoms with Crippen LogP contribution in [0, 0.1) is 9.49 Å². The normalized spacial score (nSPS) is 24.9. The fourth-order valence-corrected chi connectivity index (χ4v) is 2.98. The molecule has 2 unspecified atom stereocenters. The summed E-state index contributed by atoms with van der Waals surface area (Å²) >= 11 is 2.20. The summed E-state index contributed by atoms with van der Waals surface area (Å²) in [6.07, 6.45) is -2.13. The van der Waals surface area contributed by atoms with Crippen molar-refractivity contribution in [3.8, 4) is 0 Å². The number of rotatable bonds is 2. The Bertz CT molecular complexity index is 405. The number of nitrogens with one attached hydrogen (secondary N) is 1. The van der Waals surface area contributed by atoms with E-state index in [2.05, 4.69) is 27.9 Å². The molecule has 1 aliphatic carbocycles. The molecule has 0 spiro atoms. The van der Waals surface area contributed by atoms with Crippen LogP contribution in [-0.4, -0.2) is 12.2 Å². The van der Waals surface area contributed by atoms with Crippen molar-refractivity contribution < 1.29 is 13.2 Å². The van der Waals surface area contributed by atoms with Gasteiger partial charge in [0.2, 0.25) is 0 Å². The van der Waals surface area contributed by atoms with Crippen molar-refractivity contribution in [3.05, 3.63) is 27.8 Å². The highest BCUT2D eigenvalue weighted by atomic mass is 127. The Kier molecular flexibility index (Phi) is 4.40. The molecular formula is C13H15F3IN. The molecule has 18 heavy (non-hydrogen) atoms. The van der Waals surface area contributed by atoms with E-state index in [9.17, 15) is 13.2 Å². The van der Waals surface area contributed by atoms with Crippen molar-refractivity contribution in [1.29, 1.82) is 0 Å². The summed E-state index contributed by atoms with van der Waals surface area (Å²) in [5.41, 5.74) is 0.912. The lowest BCUT2D eigenvalue weighted by Crippen LogP contribution is -2.34. The molecule has 1 aliphatic rings. The minimum Gasteiger partial charge on any atom is -0.382 e. The third kappa shape index (κ3) is 3.76. The summed E-state index contributed by atoms with van der Waals surface area (Å²) < 4.78 is 39.1. The Morgan fingerprint density at radius 1 is 1.22 bits per heavy atom. The fraction of sp³-hybridized carbons (Fsp3) is 0.538. The smallest absolute Gasteiger partial charge is 0.382 e. The first-order valence-electron chi connectivity index (χ1n) is 6.04. The highest BCUT2D eigenvalue weighted by molar-refractivity contribution is 14.1. The molecule has 0 bridgehead atoms. The zero-order valence-electron chi connectivity index (χ0n) is 9.80. The van der Waals surface area contributed by atoms with Gasteiger partial charge in [0, 0.05) is 15.3 Å². The molecule has 1 aromatic rings. The van der Waals surface area contributed by atoms with E-state index in [0.717, 1.165) is 15.7 Å². The molecular weight excluding hydrogens is 354 g/mol. The first-order valence-corrected chi connectivity index (χ1v) is 7.12. The molecule has 1 fully saturated rings. The van der Waals surface area contributed by atoms with Crippen LogP contribution >= 0.6 is 22.6 Å². The molecule has 0 aromatic heterocycles. The van der Waals surface area contributed by atoms with E-state index in [4.69, 9.17) is 0 Å². The van der Waals surface area contributed by atoms with Gasteiger partial charge in [0.05, 0.1) is 5.92 Å². The van der Waals surface area contributed by atoms with E-state index < -0.39 is 12.1 Å². The second-order valence-corrected chi connectivity index (χ2v) is 6.00. The summed E-state index contributed by atoms with van der Waals surface area (Å²) in [5, 5.41) is 3.22. The summed E-state index contributed by atoms with van der Waals surface area (Å²) in [5.74, 6) is -1.15. The average Bonchev–Trinajstić information content (AvgIpc) is 2.28. The SMILES string of the molecule is FC(F)(F)C1CCCC(Nc2cccc(I)c2)C1. The fourth-order valence-electron chi connectivity index (χ4n) is 2.43. The third-order valence-corrected chi connectivity index (χ3v) is 4.00. The third-order valence-electron chi connectivity index (χ3n) is 3.33. The van der Waals surface area contributed by atoms with Crippen LogP contribution in [0.1, 0.15) is 25.7 Å². The minimum absolute atomic E-state index is 0.0661. The molecule has 5 heteroatoms. The van der Waals surface area contributed by atoms with Crippen molar-refractivity contribution >= 4 is 28.3 Å². The van der Waals surface area contributed by atoms with E-state index in [-0.39, 0.29) is 18.9 Å². The molecule has 2 atom stereocenters. The van der Waals surface area contributed by atoms with Crippen LogP contribution < -0.4 is 5.32 Å². The van der Waals surface area contributed by atoms with Gasteiger partial charge in [-0.05, 0) is 60.1 Å². The van der Waals surface area contributed by atoms with E-state index in [1.165, 1.54) is 0 Å². The van der Waals surface area contributed by atoms with Crippen LogP contribution in [0.4, 0.5) is 18.9 Å². The van der Waals surface area contributed by atoms with Gasteiger partial charge < -0.3 is 5.32 Å². The van der Waals surface area contributed by atoms with Gasteiger partial charge in [-0.3, -0.25) is 0 Å². The Morgan fingerprint density at radius 3 is 2.67 bits per heavy atom. The van der Waals surface area contributed by atoms with Crippen molar-refractivity contribution in [2.24, 2.45) is 5.92 Å². The predicted molar refractivity (Wildman–Crippen MR) is 74.6 cm³/mol. The van der Waals surface area contributed by atoms with E-state index in [1.54, 1.807) is 0 Å². The Morgan fingerprint density at radius 2 is 2.00 bits per heavy atom. The van der Waals surface area contributed by atoms with Crippen LogP contribution in [0.2, 0.25) is 0 Å². The van der Waals surface area contributed by atoms with Gasteiger partial charge in [0.25, 0.3) is 0 Å². The lowest BCUT2D eigenvalue weighted by Gasteiger charge is -2.31. The maximum atomic E-state index is 12.7. The van der Waals surface area contributed by atoms with Gasteiger partial charge in [-0.15, -0.1) is 0 Å². The highest BCUT2D eigenvalue weighted by Gasteiger charge is 2.42. The lowest BCUT2D eigenvalue weighted by atomic mass is 9.85. The molecule has 2 rings (SSSR count). The molecule has 1 nitrogen and oxygen atoms in total. The summed E-state index contributed by atoms with van der Waals surface area (Å²) in [7, 11) is 0. The standard InChI is InChI=1S/C13H15F3IN/c14-13(15,16)9-3-1-5-11(7-9)18-12-6-2-4-10(17)8-12/h2,4,6,8-9,11,18H,1,3,5,7H2. The van der Waals surface area contributed by atoms with E-state index >= 15 is 0 Å². The highest BCUT2D eigenvalue weighted by Crippen LogP contribution is 2.38. The quantitative estimate of drug-likeness (QED) is 0.737. The monoisotopic (exact) mass is 369 g/mol. The molecule has 0 aliphatic heterocycles. The summed E-state index contributed by atoms with van der Waals surface area (Å²) in [6, 6.07) is 7.67. The topological polar surface area (TPSA) is 12.0 Å². The van der Waals surface area contributed by atoms with Gasteiger partial charge in [-0.25, -0.2) is 0 Å². The van der Waals surface area contributed by atoms with Gasteiger partial charge in [0.15, 0.2) is 0 Å². The van der Waals surface area contributed by atoms with Gasteiger partial charge in [-0.2, -0.15) is 13.2 Å². The number of hydrogen-bond donors (Lipinski definition) is 1. The largest absolute Gasteiger partial charge is 0.391 e.